The van der Waals surface area contributed by atoms with Gasteiger partial charge in [0.2, 0.25) is 0 Å². The van der Waals surface area contributed by atoms with Crippen LogP contribution in [0.25, 0.3) is 0 Å². The number of carbonyl (C=O) groups is 1. The molecule has 0 radical (unpaired) electrons. The fraction of sp³-hybridized carbons (Fsp3) is 0.118. The number of nitriles is 1. The van der Waals surface area contributed by atoms with Gasteiger partial charge in [0.05, 0.1) is 11.2 Å². The van der Waals surface area contributed by atoms with Crippen LogP contribution in [0.1, 0.15) is 5.56 Å². The molecule has 1 amide bonds. The number of amides is 1. The molecule has 0 spiro atoms. The van der Waals surface area contributed by atoms with Gasteiger partial charge in [0.25, 0.3) is 5.91 Å². The minimum atomic E-state index is -0.460. The molecule has 0 fully saturated rings. The predicted molar refractivity (Wildman–Crippen MR) is 95.2 cm³/mol. The number of hydrazone groups is 1. The van der Waals surface area contributed by atoms with Gasteiger partial charge >= 0.3 is 0 Å². The Bertz CT molecular complexity index is 819. The molecular formula is C17H13Cl2N3O3. The van der Waals surface area contributed by atoms with E-state index in [-0.39, 0.29) is 13.2 Å². The van der Waals surface area contributed by atoms with Gasteiger partial charge in [-0.25, -0.2) is 5.43 Å². The van der Waals surface area contributed by atoms with Crippen LogP contribution in [0.2, 0.25) is 10.0 Å². The average molecular weight is 378 g/mol. The third-order valence-corrected chi connectivity index (χ3v) is 3.39. The summed E-state index contributed by atoms with van der Waals surface area (Å²) in [6.45, 7) is -0.335. The Kier molecular flexibility index (Phi) is 7.08. The monoisotopic (exact) mass is 377 g/mol. The second-order valence-corrected chi connectivity index (χ2v) is 5.48. The zero-order valence-electron chi connectivity index (χ0n) is 12.9. The van der Waals surface area contributed by atoms with Gasteiger partial charge in [-0.05, 0) is 30.3 Å². The number of rotatable bonds is 7. The van der Waals surface area contributed by atoms with Crippen molar-refractivity contribution in [3.63, 3.8) is 0 Å². The molecule has 0 atom stereocenters. The van der Waals surface area contributed by atoms with Gasteiger partial charge in [0.15, 0.2) is 13.2 Å². The van der Waals surface area contributed by atoms with Crippen LogP contribution < -0.4 is 14.9 Å². The van der Waals surface area contributed by atoms with Crippen LogP contribution in [0.4, 0.5) is 0 Å². The summed E-state index contributed by atoms with van der Waals surface area (Å²) >= 11 is 11.7. The van der Waals surface area contributed by atoms with E-state index in [1.807, 2.05) is 6.07 Å². The smallest absolute Gasteiger partial charge is 0.277 e. The van der Waals surface area contributed by atoms with Crippen molar-refractivity contribution >= 4 is 35.3 Å². The number of hydrogen-bond donors (Lipinski definition) is 1. The van der Waals surface area contributed by atoms with Crippen molar-refractivity contribution in [3.05, 3.63) is 58.1 Å². The maximum absolute atomic E-state index is 11.7. The Balaban J connectivity index is 1.87. The Morgan fingerprint density at radius 3 is 2.76 bits per heavy atom. The van der Waals surface area contributed by atoms with Crippen molar-refractivity contribution < 1.29 is 14.3 Å². The van der Waals surface area contributed by atoms with Crippen molar-refractivity contribution in [1.82, 2.24) is 5.43 Å². The first-order chi connectivity index (χ1) is 12.1. The number of hydrogen-bond acceptors (Lipinski definition) is 5. The highest BCUT2D eigenvalue weighted by Crippen LogP contribution is 2.27. The molecule has 6 nitrogen and oxygen atoms in total. The molecule has 128 valence electrons. The second kappa shape index (κ2) is 9.52. The first kappa shape index (κ1) is 18.6. The Labute approximate surface area is 154 Å². The van der Waals surface area contributed by atoms with Crippen LogP contribution in [0.5, 0.6) is 11.5 Å². The predicted octanol–water partition coefficient (Wildman–Crippen LogP) is 3.42. The number of para-hydroxylation sites is 1. The van der Waals surface area contributed by atoms with Crippen LogP contribution >= 0.6 is 23.2 Å². The lowest BCUT2D eigenvalue weighted by Crippen LogP contribution is -2.24. The van der Waals surface area contributed by atoms with E-state index in [9.17, 15) is 4.79 Å². The van der Waals surface area contributed by atoms with E-state index in [1.54, 1.807) is 36.4 Å². The normalized spacial score (nSPS) is 10.3. The maximum atomic E-state index is 11.7. The van der Waals surface area contributed by atoms with Gasteiger partial charge < -0.3 is 9.47 Å². The molecule has 0 aliphatic carbocycles. The summed E-state index contributed by atoms with van der Waals surface area (Å²) in [6.07, 6.45) is 1.42. The first-order valence-electron chi connectivity index (χ1n) is 7.08. The van der Waals surface area contributed by atoms with E-state index in [4.69, 9.17) is 37.9 Å². The van der Waals surface area contributed by atoms with Gasteiger partial charge in [-0.1, -0.05) is 35.3 Å². The lowest BCUT2D eigenvalue weighted by atomic mass is 10.2. The third-order valence-electron chi connectivity index (χ3n) is 2.86. The summed E-state index contributed by atoms with van der Waals surface area (Å²) in [4.78, 5) is 11.7. The molecule has 0 heterocycles. The van der Waals surface area contributed by atoms with Crippen LogP contribution in [-0.2, 0) is 4.79 Å². The second-order valence-electron chi connectivity index (χ2n) is 4.64. The van der Waals surface area contributed by atoms with E-state index in [2.05, 4.69) is 10.5 Å². The summed E-state index contributed by atoms with van der Waals surface area (Å²) < 4.78 is 10.6. The van der Waals surface area contributed by atoms with Crippen molar-refractivity contribution in [2.75, 3.05) is 13.2 Å². The van der Waals surface area contributed by atoms with E-state index in [0.717, 1.165) is 0 Å². The molecule has 0 bridgehead atoms. The zero-order chi connectivity index (χ0) is 18.1. The Hall–Kier alpha value is -2.75. The zero-order valence-corrected chi connectivity index (χ0v) is 14.4. The average Bonchev–Trinajstić information content (AvgIpc) is 2.60. The lowest BCUT2D eigenvalue weighted by molar-refractivity contribution is -0.123. The van der Waals surface area contributed by atoms with Crippen LogP contribution in [-0.4, -0.2) is 25.3 Å². The third kappa shape index (κ3) is 5.99. The highest BCUT2D eigenvalue weighted by Gasteiger charge is 2.06. The molecule has 0 unspecified atom stereocenters. The first-order valence-corrected chi connectivity index (χ1v) is 7.84. The molecule has 2 aromatic rings. The molecule has 2 aromatic carbocycles. The molecule has 0 aliphatic rings. The van der Waals surface area contributed by atoms with Crippen LogP contribution in [0, 0.1) is 11.3 Å². The van der Waals surface area contributed by atoms with Gasteiger partial charge in [0.1, 0.15) is 17.6 Å². The standard InChI is InChI=1S/C17H13Cl2N3O3/c18-13-5-6-16(14(19)9-13)25-11-17(23)22-21-10-12-3-1-2-4-15(12)24-8-7-20/h1-6,9-10H,8,11H2,(H,22,23)/b21-10-. The van der Waals surface area contributed by atoms with Crippen LogP contribution in [0.15, 0.2) is 47.6 Å². The maximum Gasteiger partial charge on any atom is 0.277 e. The van der Waals surface area contributed by atoms with E-state index >= 15 is 0 Å². The van der Waals surface area contributed by atoms with E-state index < -0.39 is 5.91 Å². The Morgan fingerprint density at radius 1 is 1.20 bits per heavy atom. The minimum absolute atomic E-state index is 0.0765. The molecule has 25 heavy (non-hydrogen) atoms. The lowest BCUT2D eigenvalue weighted by Gasteiger charge is -2.07. The fourth-order valence-electron chi connectivity index (χ4n) is 1.77. The van der Waals surface area contributed by atoms with Crippen molar-refractivity contribution in [3.8, 4) is 17.6 Å². The molecule has 0 saturated carbocycles. The molecule has 0 aromatic heterocycles. The Morgan fingerprint density at radius 2 is 2.00 bits per heavy atom. The number of nitrogens with zero attached hydrogens (tertiary/aromatic N) is 2. The molecule has 0 aliphatic heterocycles. The quantitative estimate of drug-likeness (QED) is 0.591. The largest absolute Gasteiger partial charge is 0.482 e. The van der Waals surface area contributed by atoms with Crippen molar-refractivity contribution in [2.45, 2.75) is 0 Å². The van der Waals surface area contributed by atoms with Gasteiger partial charge in [-0.3, -0.25) is 4.79 Å². The summed E-state index contributed by atoms with van der Waals surface area (Å²) in [5.74, 6) is 0.379. The minimum Gasteiger partial charge on any atom is -0.482 e. The van der Waals surface area contributed by atoms with Gasteiger partial charge in [0, 0.05) is 10.6 Å². The van der Waals surface area contributed by atoms with Gasteiger partial charge in [-0.15, -0.1) is 0 Å². The molecule has 8 heteroatoms. The summed E-state index contributed by atoms with van der Waals surface area (Å²) in [5, 5.41) is 13.2. The summed E-state index contributed by atoms with van der Waals surface area (Å²) in [5.41, 5.74) is 2.96. The number of nitrogens with one attached hydrogen (secondary N) is 1. The molecular weight excluding hydrogens is 365 g/mol. The highest BCUT2D eigenvalue weighted by atomic mass is 35.5. The van der Waals surface area contributed by atoms with E-state index in [1.165, 1.54) is 12.3 Å². The number of ether oxygens (including phenoxy) is 2. The van der Waals surface area contributed by atoms with Gasteiger partial charge in [-0.2, -0.15) is 10.4 Å². The number of benzene rings is 2. The summed E-state index contributed by atoms with van der Waals surface area (Å²) in [7, 11) is 0. The van der Waals surface area contributed by atoms with Crippen molar-refractivity contribution in [1.29, 1.82) is 5.26 Å². The van der Waals surface area contributed by atoms with E-state index in [0.29, 0.717) is 27.1 Å². The topological polar surface area (TPSA) is 83.7 Å². The van der Waals surface area contributed by atoms with Crippen LogP contribution in [0.3, 0.4) is 0 Å². The molecule has 2 rings (SSSR count). The molecule has 1 N–H and O–H groups in total. The summed E-state index contributed by atoms with van der Waals surface area (Å²) in [6, 6.07) is 13.6. The molecule has 0 saturated heterocycles. The highest BCUT2D eigenvalue weighted by molar-refractivity contribution is 6.35. The number of carbonyl (C=O) groups excluding carboxylic acids is 1. The SMILES string of the molecule is N#CCOc1ccccc1/C=N\NC(=O)COc1ccc(Cl)cc1Cl. The van der Waals surface area contributed by atoms with Crippen molar-refractivity contribution in [2.24, 2.45) is 5.10 Å². The number of halogens is 2. The fourth-order valence-corrected chi connectivity index (χ4v) is 2.23.